The smallest absolute Gasteiger partial charge is 0.434 e. The Morgan fingerprint density at radius 2 is 1.87 bits per heavy atom. The molecule has 0 radical (unpaired) electrons. The van der Waals surface area contributed by atoms with Crippen molar-refractivity contribution in [2.45, 2.75) is 38.5 Å². The molecule has 2 aromatic carbocycles. The summed E-state index contributed by atoms with van der Waals surface area (Å²) in [4.78, 5) is 22.3. The Kier molecular flexibility index (Phi) is 8.68. The highest BCUT2D eigenvalue weighted by Crippen LogP contribution is 2.32. The Morgan fingerprint density at radius 1 is 1.16 bits per heavy atom. The molecule has 1 aromatic heterocycles. The minimum absolute atomic E-state index is 0.145. The molecule has 1 amide bonds. The monoisotopic (exact) mass is 551 g/mol. The highest BCUT2D eigenvalue weighted by atomic mass is 35.5. The standard InChI is InChI=1S/C26H26ClF4N5O2/c1-2-38-22-13-16(3-8-21(22)28)15-36-11-9-19(10-12-36)34-25-32-14-20(23(35-25)26(29,30)31)24(37)33-18-6-4-17(27)5-7-18/h3-8,13-14,19H,2,9-12,15H2,1H3,(H,33,37)(H,32,34,35). The summed E-state index contributed by atoms with van der Waals surface area (Å²) < 4.78 is 60.4. The van der Waals surface area contributed by atoms with Crippen LogP contribution in [0.1, 0.15) is 41.4 Å². The van der Waals surface area contributed by atoms with Gasteiger partial charge in [0.25, 0.3) is 5.91 Å². The summed E-state index contributed by atoms with van der Waals surface area (Å²) in [7, 11) is 0. The van der Waals surface area contributed by atoms with Gasteiger partial charge in [-0.25, -0.2) is 14.4 Å². The van der Waals surface area contributed by atoms with Crippen LogP contribution in [0.5, 0.6) is 5.75 Å². The Morgan fingerprint density at radius 3 is 2.53 bits per heavy atom. The Hall–Kier alpha value is -3.44. The molecule has 4 rings (SSSR count). The lowest BCUT2D eigenvalue weighted by atomic mass is 10.0. The van der Waals surface area contributed by atoms with Gasteiger partial charge >= 0.3 is 6.18 Å². The summed E-state index contributed by atoms with van der Waals surface area (Å²) in [5.74, 6) is -1.37. The zero-order valence-corrected chi connectivity index (χ0v) is 21.2. The van der Waals surface area contributed by atoms with Gasteiger partial charge in [-0.2, -0.15) is 13.2 Å². The maximum atomic E-state index is 13.8. The van der Waals surface area contributed by atoms with Crippen LogP contribution in [0.25, 0.3) is 0 Å². The molecule has 0 atom stereocenters. The lowest BCUT2D eigenvalue weighted by Gasteiger charge is -2.32. The number of amides is 1. The number of hydrogen-bond donors (Lipinski definition) is 2. The fourth-order valence-corrected chi connectivity index (χ4v) is 4.28. The second-order valence-electron chi connectivity index (χ2n) is 8.81. The molecular formula is C26H26ClF4N5O2. The van der Waals surface area contributed by atoms with Crippen molar-refractivity contribution in [2.75, 3.05) is 30.3 Å². The highest BCUT2D eigenvalue weighted by molar-refractivity contribution is 6.30. The molecule has 0 spiro atoms. The van der Waals surface area contributed by atoms with E-state index in [0.29, 0.717) is 44.1 Å². The van der Waals surface area contributed by atoms with Crippen molar-refractivity contribution in [3.63, 3.8) is 0 Å². The molecule has 202 valence electrons. The molecule has 2 heterocycles. The summed E-state index contributed by atoms with van der Waals surface area (Å²) in [6, 6.07) is 10.6. The fraction of sp³-hybridized carbons (Fsp3) is 0.346. The zero-order chi connectivity index (χ0) is 27.3. The minimum Gasteiger partial charge on any atom is -0.491 e. The first-order chi connectivity index (χ1) is 18.1. The summed E-state index contributed by atoms with van der Waals surface area (Å²) >= 11 is 5.81. The van der Waals surface area contributed by atoms with E-state index in [9.17, 15) is 22.4 Å². The SMILES string of the molecule is CCOc1cc(CN2CCC(Nc3ncc(C(=O)Nc4ccc(Cl)cc4)c(C(F)(F)F)n3)CC2)ccc1F. The van der Waals surface area contributed by atoms with Crippen LogP contribution in [0.4, 0.5) is 29.2 Å². The van der Waals surface area contributed by atoms with Crippen LogP contribution in [0.15, 0.2) is 48.7 Å². The van der Waals surface area contributed by atoms with Crippen molar-refractivity contribution in [2.24, 2.45) is 0 Å². The number of likely N-dealkylation sites (tertiary alicyclic amines) is 1. The lowest BCUT2D eigenvalue weighted by molar-refractivity contribution is -0.141. The number of carbonyl (C=O) groups is 1. The molecule has 1 aliphatic rings. The van der Waals surface area contributed by atoms with E-state index in [1.807, 2.05) is 0 Å². The topological polar surface area (TPSA) is 79.4 Å². The minimum atomic E-state index is -4.86. The number of halogens is 5. The molecule has 38 heavy (non-hydrogen) atoms. The summed E-state index contributed by atoms with van der Waals surface area (Å²) in [5.41, 5.74) is -0.804. The number of ether oxygens (including phenoxy) is 1. The van der Waals surface area contributed by atoms with Gasteiger partial charge < -0.3 is 15.4 Å². The molecule has 1 saturated heterocycles. The molecule has 0 bridgehead atoms. The van der Waals surface area contributed by atoms with Crippen LogP contribution in [-0.4, -0.2) is 46.5 Å². The Bertz CT molecular complexity index is 1270. The van der Waals surface area contributed by atoms with E-state index in [1.54, 1.807) is 19.1 Å². The van der Waals surface area contributed by atoms with Crippen molar-refractivity contribution < 1.29 is 27.1 Å². The number of benzene rings is 2. The number of piperidine rings is 1. The van der Waals surface area contributed by atoms with Gasteiger partial charge in [-0.05, 0) is 61.7 Å². The van der Waals surface area contributed by atoms with Crippen LogP contribution in [-0.2, 0) is 12.7 Å². The highest BCUT2D eigenvalue weighted by Gasteiger charge is 2.38. The van der Waals surface area contributed by atoms with Crippen LogP contribution < -0.4 is 15.4 Å². The second kappa shape index (κ2) is 12.0. The number of carbonyl (C=O) groups excluding carboxylic acids is 1. The third kappa shape index (κ3) is 7.11. The molecule has 2 N–H and O–H groups in total. The van der Waals surface area contributed by atoms with E-state index in [1.165, 1.54) is 30.3 Å². The molecule has 0 unspecified atom stereocenters. The summed E-state index contributed by atoms with van der Waals surface area (Å²) in [6.07, 6.45) is -2.69. The van der Waals surface area contributed by atoms with Gasteiger partial charge in [-0.1, -0.05) is 17.7 Å². The van der Waals surface area contributed by atoms with Crippen molar-refractivity contribution in [1.29, 1.82) is 0 Å². The normalized spacial score (nSPS) is 14.8. The predicted octanol–water partition coefficient (Wildman–Crippen LogP) is 6.02. The van der Waals surface area contributed by atoms with Gasteiger partial charge in [-0.15, -0.1) is 0 Å². The van der Waals surface area contributed by atoms with Crippen molar-refractivity contribution >= 4 is 29.1 Å². The second-order valence-corrected chi connectivity index (χ2v) is 9.24. The van der Waals surface area contributed by atoms with Gasteiger partial charge in [0.2, 0.25) is 5.95 Å². The van der Waals surface area contributed by atoms with Gasteiger partial charge in [0, 0.05) is 42.6 Å². The number of hydrogen-bond acceptors (Lipinski definition) is 6. The van der Waals surface area contributed by atoms with Crippen LogP contribution in [0.3, 0.4) is 0 Å². The average molecular weight is 552 g/mol. The van der Waals surface area contributed by atoms with Gasteiger partial charge in [0.05, 0.1) is 12.2 Å². The zero-order valence-electron chi connectivity index (χ0n) is 20.5. The van der Waals surface area contributed by atoms with E-state index < -0.39 is 29.2 Å². The number of rotatable bonds is 8. The van der Waals surface area contributed by atoms with Crippen LogP contribution in [0, 0.1) is 5.82 Å². The van der Waals surface area contributed by atoms with E-state index in [-0.39, 0.29) is 23.4 Å². The first-order valence-electron chi connectivity index (χ1n) is 12.0. The van der Waals surface area contributed by atoms with Gasteiger partial charge in [0.15, 0.2) is 17.3 Å². The Balaban J connectivity index is 1.38. The van der Waals surface area contributed by atoms with Crippen LogP contribution in [0.2, 0.25) is 5.02 Å². The van der Waals surface area contributed by atoms with Crippen LogP contribution >= 0.6 is 11.6 Å². The predicted molar refractivity (Wildman–Crippen MR) is 136 cm³/mol. The molecule has 1 fully saturated rings. The number of nitrogens with zero attached hydrogens (tertiary/aromatic N) is 3. The Labute approximate surface area is 222 Å². The number of anilines is 2. The quantitative estimate of drug-likeness (QED) is 0.334. The largest absolute Gasteiger partial charge is 0.491 e. The van der Waals surface area contributed by atoms with E-state index in [2.05, 4.69) is 25.5 Å². The molecule has 0 saturated carbocycles. The van der Waals surface area contributed by atoms with Gasteiger partial charge in [0.1, 0.15) is 0 Å². The lowest BCUT2D eigenvalue weighted by Crippen LogP contribution is -2.39. The fourth-order valence-electron chi connectivity index (χ4n) is 4.15. The third-order valence-electron chi connectivity index (χ3n) is 6.03. The number of nitrogens with one attached hydrogen (secondary N) is 2. The van der Waals surface area contributed by atoms with Crippen molar-refractivity contribution in [3.05, 3.63) is 76.3 Å². The van der Waals surface area contributed by atoms with E-state index >= 15 is 0 Å². The molecule has 0 aliphatic carbocycles. The first-order valence-corrected chi connectivity index (χ1v) is 12.4. The third-order valence-corrected chi connectivity index (χ3v) is 6.28. The van der Waals surface area contributed by atoms with E-state index in [0.717, 1.165) is 11.8 Å². The number of alkyl halides is 3. The van der Waals surface area contributed by atoms with E-state index in [4.69, 9.17) is 16.3 Å². The molecule has 12 heteroatoms. The maximum Gasteiger partial charge on any atom is 0.434 e. The summed E-state index contributed by atoms with van der Waals surface area (Å²) in [5, 5.41) is 5.80. The molecule has 7 nitrogen and oxygen atoms in total. The number of aromatic nitrogens is 2. The van der Waals surface area contributed by atoms with Crippen molar-refractivity contribution in [1.82, 2.24) is 14.9 Å². The van der Waals surface area contributed by atoms with Gasteiger partial charge in [-0.3, -0.25) is 9.69 Å². The maximum absolute atomic E-state index is 13.8. The molecule has 3 aromatic rings. The molecule has 1 aliphatic heterocycles. The molecular weight excluding hydrogens is 526 g/mol. The van der Waals surface area contributed by atoms with Crippen molar-refractivity contribution in [3.8, 4) is 5.75 Å². The average Bonchev–Trinajstić information content (AvgIpc) is 2.88. The summed E-state index contributed by atoms with van der Waals surface area (Å²) in [6.45, 7) is 4.09. The first kappa shape index (κ1) is 27.6.